The summed E-state index contributed by atoms with van der Waals surface area (Å²) in [6.07, 6.45) is 5.50. The molecular formula is C22H30N2O3. The lowest BCUT2D eigenvalue weighted by molar-refractivity contribution is -0.139. The van der Waals surface area contributed by atoms with E-state index in [1.807, 2.05) is 4.90 Å². The summed E-state index contributed by atoms with van der Waals surface area (Å²) in [6, 6.07) is 8.18. The Morgan fingerprint density at radius 1 is 1.19 bits per heavy atom. The lowest BCUT2D eigenvalue weighted by atomic mass is 9.72. The first-order chi connectivity index (χ1) is 13.1. The normalized spacial score (nSPS) is 24.6. The molecule has 1 aliphatic carbocycles. The number of nitrogens with zero attached hydrogens (tertiary/aromatic N) is 1. The lowest BCUT2D eigenvalue weighted by Crippen LogP contribution is -2.51. The van der Waals surface area contributed by atoms with Crippen molar-refractivity contribution in [2.75, 3.05) is 26.3 Å². The van der Waals surface area contributed by atoms with Crippen molar-refractivity contribution in [3.05, 3.63) is 35.4 Å². The summed E-state index contributed by atoms with van der Waals surface area (Å²) in [5, 5.41) is 3.22. The number of benzene rings is 1. The van der Waals surface area contributed by atoms with Crippen LogP contribution in [-0.4, -0.2) is 49.1 Å². The first-order valence-electron chi connectivity index (χ1n) is 10.3. The maximum atomic E-state index is 13.0. The van der Waals surface area contributed by atoms with E-state index < -0.39 is 0 Å². The highest BCUT2D eigenvalue weighted by molar-refractivity contribution is 5.90. The molecule has 1 aromatic rings. The SMILES string of the molecule is Cc1ccccc1C1(CNC(=O)[C@@H]2CCCN2C(=O)C2CC2)CCOCC1. The van der Waals surface area contributed by atoms with Gasteiger partial charge in [0.05, 0.1) is 0 Å². The molecule has 2 heterocycles. The molecule has 3 fully saturated rings. The van der Waals surface area contributed by atoms with Gasteiger partial charge in [0.15, 0.2) is 0 Å². The van der Waals surface area contributed by atoms with Crippen LogP contribution in [0.5, 0.6) is 0 Å². The van der Waals surface area contributed by atoms with Crippen molar-refractivity contribution in [2.24, 2.45) is 5.92 Å². The van der Waals surface area contributed by atoms with Crippen LogP contribution in [0.1, 0.15) is 49.7 Å². The maximum Gasteiger partial charge on any atom is 0.242 e. The average Bonchev–Trinajstić information content (AvgIpc) is 3.43. The van der Waals surface area contributed by atoms with Crippen LogP contribution in [0.2, 0.25) is 0 Å². The summed E-state index contributed by atoms with van der Waals surface area (Å²) >= 11 is 0. The molecule has 0 bridgehead atoms. The largest absolute Gasteiger partial charge is 0.381 e. The van der Waals surface area contributed by atoms with Crippen molar-refractivity contribution in [3.8, 4) is 0 Å². The molecule has 4 rings (SSSR count). The van der Waals surface area contributed by atoms with E-state index in [9.17, 15) is 9.59 Å². The van der Waals surface area contributed by atoms with Crippen molar-refractivity contribution in [1.29, 1.82) is 0 Å². The number of ether oxygens (including phenoxy) is 1. The fraction of sp³-hybridized carbons (Fsp3) is 0.636. The van der Waals surface area contributed by atoms with Crippen LogP contribution in [0.4, 0.5) is 0 Å². The van der Waals surface area contributed by atoms with Gasteiger partial charge in [0.25, 0.3) is 0 Å². The zero-order valence-corrected chi connectivity index (χ0v) is 16.2. The van der Waals surface area contributed by atoms with Crippen molar-refractivity contribution in [1.82, 2.24) is 10.2 Å². The van der Waals surface area contributed by atoms with E-state index >= 15 is 0 Å². The van der Waals surface area contributed by atoms with E-state index in [4.69, 9.17) is 4.74 Å². The van der Waals surface area contributed by atoms with Crippen LogP contribution in [0.25, 0.3) is 0 Å². The minimum Gasteiger partial charge on any atom is -0.381 e. The Hall–Kier alpha value is -1.88. The monoisotopic (exact) mass is 370 g/mol. The lowest BCUT2D eigenvalue weighted by Gasteiger charge is -2.39. The highest BCUT2D eigenvalue weighted by Crippen LogP contribution is 2.37. The van der Waals surface area contributed by atoms with Crippen LogP contribution >= 0.6 is 0 Å². The number of nitrogens with one attached hydrogen (secondary N) is 1. The summed E-state index contributed by atoms with van der Waals surface area (Å²) in [6.45, 7) is 4.92. The quantitative estimate of drug-likeness (QED) is 0.867. The Morgan fingerprint density at radius 3 is 2.63 bits per heavy atom. The van der Waals surface area contributed by atoms with Crippen molar-refractivity contribution < 1.29 is 14.3 Å². The summed E-state index contributed by atoms with van der Waals surface area (Å²) in [4.78, 5) is 27.3. The first-order valence-corrected chi connectivity index (χ1v) is 10.3. The van der Waals surface area contributed by atoms with E-state index in [2.05, 4.69) is 36.5 Å². The zero-order chi connectivity index (χ0) is 18.9. The standard InChI is InChI=1S/C22H30N2O3/c1-16-5-2-3-6-18(16)22(10-13-27-14-11-22)15-23-20(25)19-7-4-12-24(19)21(26)17-8-9-17/h2-3,5-6,17,19H,4,7-15H2,1H3,(H,23,25)/t19-/m0/s1. The summed E-state index contributed by atoms with van der Waals surface area (Å²) in [7, 11) is 0. The van der Waals surface area contributed by atoms with Gasteiger partial charge in [0, 0.05) is 37.6 Å². The highest BCUT2D eigenvalue weighted by atomic mass is 16.5. The maximum absolute atomic E-state index is 13.0. The molecule has 1 N–H and O–H groups in total. The number of carbonyl (C=O) groups excluding carboxylic acids is 2. The third-order valence-electron chi connectivity index (χ3n) is 6.53. The number of aryl methyl sites for hydroxylation is 1. The Morgan fingerprint density at radius 2 is 1.93 bits per heavy atom. The molecule has 2 aliphatic heterocycles. The van der Waals surface area contributed by atoms with Gasteiger partial charge in [-0.2, -0.15) is 0 Å². The van der Waals surface area contributed by atoms with E-state index in [0.717, 1.165) is 58.3 Å². The molecule has 27 heavy (non-hydrogen) atoms. The number of hydrogen-bond donors (Lipinski definition) is 1. The zero-order valence-electron chi connectivity index (χ0n) is 16.2. The Kier molecular flexibility index (Phi) is 5.22. The Balaban J connectivity index is 1.47. The molecule has 0 aromatic heterocycles. The number of rotatable bonds is 5. The second-order valence-corrected chi connectivity index (χ2v) is 8.39. The Bertz CT molecular complexity index is 707. The molecule has 1 atom stereocenters. The van der Waals surface area contributed by atoms with Crippen molar-refractivity contribution >= 4 is 11.8 Å². The topological polar surface area (TPSA) is 58.6 Å². The van der Waals surface area contributed by atoms with Gasteiger partial charge in [-0.25, -0.2) is 0 Å². The van der Waals surface area contributed by atoms with Crippen LogP contribution < -0.4 is 5.32 Å². The summed E-state index contributed by atoms with van der Waals surface area (Å²) in [5.74, 6) is 0.375. The van der Waals surface area contributed by atoms with Gasteiger partial charge >= 0.3 is 0 Å². The molecule has 0 unspecified atom stereocenters. The summed E-state index contributed by atoms with van der Waals surface area (Å²) < 4.78 is 5.61. The fourth-order valence-corrected chi connectivity index (χ4v) is 4.71. The molecule has 3 aliphatic rings. The molecule has 1 aromatic carbocycles. The molecule has 5 nitrogen and oxygen atoms in total. The summed E-state index contributed by atoms with van der Waals surface area (Å²) in [5.41, 5.74) is 2.49. The van der Waals surface area contributed by atoms with E-state index in [1.165, 1.54) is 11.1 Å². The molecule has 2 amide bonds. The van der Waals surface area contributed by atoms with Gasteiger partial charge in [-0.05, 0) is 56.6 Å². The number of hydrogen-bond acceptors (Lipinski definition) is 3. The second-order valence-electron chi connectivity index (χ2n) is 8.39. The minimum atomic E-state index is -0.285. The number of amides is 2. The smallest absolute Gasteiger partial charge is 0.242 e. The van der Waals surface area contributed by atoms with Crippen LogP contribution in [0.3, 0.4) is 0 Å². The van der Waals surface area contributed by atoms with Crippen LogP contribution in [0.15, 0.2) is 24.3 Å². The fourth-order valence-electron chi connectivity index (χ4n) is 4.71. The molecule has 146 valence electrons. The van der Waals surface area contributed by atoms with Gasteiger partial charge in [-0.15, -0.1) is 0 Å². The van der Waals surface area contributed by atoms with Crippen LogP contribution in [0, 0.1) is 12.8 Å². The van der Waals surface area contributed by atoms with E-state index in [0.29, 0.717) is 6.54 Å². The average molecular weight is 370 g/mol. The third kappa shape index (κ3) is 3.75. The highest BCUT2D eigenvalue weighted by Gasteiger charge is 2.42. The first kappa shape index (κ1) is 18.5. The predicted molar refractivity (Wildman–Crippen MR) is 103 cm³/mol. The van der Waals surface area contributed by atoms with E-state index in [1.54, 1.807) is 0 Å². The van der Waals surface area contributed by atoms with Gasteiger partial charge in [0.2, 0.25) is 11.8 Å². The van der Waals surface area contributed by atoms with E-state index in [-0.39, 0.29) is 29.2 Å². The molecule has 0 radical (unpaired) electrons. The van der Waals surface area contributed by atoms with Gasteiger partial charge in [0.1, 0.15) is 6.04 Å². The molecule has 0 spiro atoms. The van der Waals surface area contributed by atoms with Gasteiger partial charge in [-0.1, -0.05) is 24.3 Å². The van der Waals surface area contributed by atoms with Crippen molar-refractivity contribution in [2.45, 2.75) is 56.9 Å². The molecular weight excluding hydrogens is 340 g/mol. The number of carbonyl (C=O) groups is 2. The van der Waals surface area contributed by atoms with Crippen molar-refractivity contribution in [3.63, 3.8) is 0 Å². The molecule has 5 heteroatoms. The third-order valence-corrected chi connectivity index (χ3v) is 6.53. The van der Waals surface area contributed by atoms with Gasteiger partial charge in [-0.3, -0.25) is 9.59 Å². The molecule has 2 saturated heterocycles. The minimum absolute atomic E-state index is 0.0148. The second kappa shape index (κ2) is 7.63. The molecule has 1 saturated carbocycles. The Labute approximate surface area is 161 Å². The van der Waals surface area contributed by atoms with Crippen LogP contribution in [-0.2, 0) is 19.7 Å². The predicted octanol–water partition coefficient (Wildman–Crippen LogP) is 2.56. The number of likely N-dealkylation sites (tertiary alicyclic amines) is 1. The van der Waals surface area contributed by atoms with Gasteiger partial charge < -0.3 is 15.0 Å².